The topological polar surface area (TPSA) is 12.0 Å². The van der Waals surface area contributed by atoms with Gasteiger partial charge in [-0.3, -0.25) is 0 Å². The number of rotatable bonds is 3. The first-order chi connectivity index (χ1) is 9.82. The van der Waals surface area contributed by atoms with Crippen molar-refractivity contribution in [2.45, 2.75) is 46.0 Å². The monoisotopic (exact) mass is 311 g/mol. The van der Waals surface area contributed by atoms with E-state index in [9.17, 15) is 4.39 Å². The van der Waals surface area contributed by atoms with E-state index < -0.39 is 0 Å². The van der Waals surface area contributed by atoms with E-state index in [1.54, 1.807) is 0 Å². The molecule has 3 atom stereocenters. The second kappa shape index (κ2) is 6.66. The molecule has 1 aromatic rings. The van der Waals surface area contributed by atoms with Crippen molar-refractivity contribution in [3.05, 3.63) is 34.6 Å². The highest BCUT2D eigenvalue weighted by Crippen LogP contribution is 2.47. The summed E-state index contributed by atoms with van der Waals surface area (Å²) in [6, 6.07) is 5.15. The highest BCUT2D eigenvalue weighted by Gasteiger charge is 2.37. The molecule has 1 aromatic carbocycles. The molecule has 1 fully saturated rings. The standard InChI is InChI=1S/C18H27ClFN/c1-18(2,3)13-6-5-12(11-21-4)16(9-13)15-8-7-14(19)10-17(15)20/h7-8,10,12-13,16,21H,5-6,9,11H2,1-4H3. The van der Waals surface area contributed by atoms with Crippen LogP contribution in [0.25, 0.3) is 0 Å². The van der Waals surface area contributed by atoms with Crippen LogP contribution in [0.5, 0.6) is 0 Å². The molecule has 0 aromatic heterocycles. The summed E-state index contributed by atoms with van der Waals surface area (Å²) < 4.78 is 14.4. The van der Waals surface area contributed by atoms with Crippen molar-refractivity contribution in [1.82, 2.24) is 5.32 Å². The summed E-state index contributed by atoms with van der Waals surface area (Å²) in [5.41, 5.74) is 1.12. The van der Waals surface area contributed by atoms with E-state index in [0.29, 0.717) is 16.9 Å². The molecule has 0 amide bonds. The largest absolute Gasteiger partial charge is 0.319 e. The summed E-state index contributed by atoms with van der Waals surface area (Å²) in [4.78, 5) is 0. The third kappa shape index (κ3) is 3.98. The predicted molar refractivity (Wildman–Crippen MR) is 88.4 cm³/mol. The summed E-state index contributed by atoms with van der Waals surface area (Å²) in [7, 11) is 1.98. The van der Waals surface area contributed by atoms with E-state index in [1.807, 2.05) is 19.2 Å². The van der Waals surface area contributed by atoms with Gasteiger partial charge in [0.05, 0.1) is 0 Å². The van der Waals surface area contributed by atoms with Crippen LogP contribution >= 0.6 is 11.6 Å². The minimum absolute atomic E-state index is 0.150. The van der Waals surface area contributed by atoms with Gasteiger partial charge in [-0.2, -0.15) is 0 Å². The molecule has 2 rings (SSSR count). The van der Waals surface area contributed by atoms with Crippen LogP contribution in [0.4, 0.5) is 4.39 Å². The molecule has 0 spiro atoms. The summed E-state index contributed by atoms with van der Waals surface area (Å²) >= 11 is 5.90. The van der Waals surface area contributed by atoms with E-state index >= 15 is 0 Å². The molecule has 1 saturated carbocycles. The van der Waals surface area contributed by atoms with Crippen LogP contribution in [-0.2, 0) is 0 Å². The van der Waals surface area contributed by atoms with Crippen molar-refractivity contribution in [1.29, 1.82) is 0 Å². The Labute approximate surface area is 133 Å². The second-order valence-corrected chi connectivity index (χ2v) is 7.90. The average Bonchev–Trinajstić information content (AvgIpc) is 2.39. The predicted octanol–water partition coefficient (Wildman–Crippen LogP) is 5.24. The van der Waals surface area contributed by atoms with E-state index in [1.165, 1.54) is 12.5 Å². The molecule has 1 N–H and O–H groups in total. The molecule has 21 heavy (non-hydrogen) atoms. The van der Waals surface area contributed by atoms with Crippen molar-refractivity contribution in [2.75, 3.05) is 13.6 Å². The first-order valence-corrected chi connectivity index (χ1v) is 8.30. The van der Waals surface area contributed by atoms with Gasteiger partial charge < -0.3 is 5.32 Å². The zero-order valence-electron chi connectivity index (χ0n) is 13.5. The van der Waals surface area contributed by atoms with Gasteiger partial charge in [-0.25, -0.2) is 4.39 Å². The first kappa shape index (κ1) is 16.8. The molecule has 1 nitrogen and oxygen atoms in total. The van der Waals surface area contributed by atoms with E-state index in [4.69, 9.17) is 11.6 Å². The Morgan fingerprint density at radius 3 is 2.57 bits per heavy atom. The van der Waals surface area contributed by atoms with E-state index in [0.717, 1.165) is 24.9 Å². The lowest BCUT2D eigenvalue weighted by molar-refractivity contribution is 0.129. The van der Waals surface area contributed by atoms with Crippen molar-refractivity contribution >= 4 is 11.6 Å². The maximum absolute atomic E-state index is 14.4. The number of nitrogens with one attached hydrogen (secondary N) is 1. The van der Waals surface area contributed by atoms with Crippen LogP contribution in [0.1, 0.15) is 51.5 Å². The molecule has 0 bridgehead atoms. The third-order valence-corrected chi connectivity index (χ3v) is 5.28. The summed E-state index contributed by atoms with van der Waals surface area (Å²) in [6.45, 7) is 7.84. The fourth-order valence-corrected chi connectivity index (χ4v) is 3.87. The van der Waals surface area contributed by atoms with Crippen molar-refractivity contribution in [2.24, 2.45) is 17.3 Å². The Bertz CT molecular complexity index is 481. The molecule has 1 aliphatic rings. The van der Waals surface area contributed by atoms with Crippen LogP contribution in [0.2, 0.25) is 5.02 Å². The maximum atomic E-state index is 14.4. The van der Waals surface area contributed by atoms with Crippen LogP contribution in [0, 0.1) is 23.1 Å². The SMILES string of the molecule is CNCC1CCC(C(C)(C)C)CC1c1ccc(Cl)cc1F. The van der Waals surface area contributed by atoms with Crippen LogP contribution in [0.3, 0.4) is 0 Å². The second-order valence-electron chi connectivity index (χ2n) is 7.47. The molecular formula is C18H27ClFN. The smallest absolute Gasteiger partial charge is 0.128 e. The van der Waals surface area contributed by atoms with Gasteiger partial charge in [-0.1, -0.05) is 38.4 Å². The minimum Gasteiger partial charge on any atom is -0.319 e. The molecule has 0 aliphatic heterocycles. The minimum atomic E-state index is -0.150. The Balaban J connectivity index is 2.29. The highest BCUT2D eigenvalue weighted by molar-refractivity contribution is 6.30. The number of benzene rings is 1. The van der Waals surface area contributed by atoms with E-state index in [2.05, 4.69) is 26.1 Å². The normalized spacial score (nSPS) is 26.9. The van der Waals surface area contributed by atoms with Gasteiger partial charge in [-0.05, 0) is 73.7 Å². The van der Waals surface area contributed by atoms with Crippen LogP contribution in [0.15, 0.2) is 18.2 Å². The molecule has 1 aliphatic carbocycles. The van der Waals surface area contributed by atoms with Gasteiger partial charge in [0.15, 0.2) is 0 Å². The number of halogens is 2. The van der Waals surface area contributed by atoms with Gasteiger partial charge in [-0.15, -0.1) is 0 Å². The average molecular weight is 312 g/mol. The van der Waals surface area contributed by atoms with Gasteiger partial charge >= 0.3 is 0 Å². The van der Waals surface area contributed by atoms with E-state index in [-0.39, 0.29) is 17.2 Å². The molecule has 3 unspecified atom stereocenters. The Kier molecular flexibility index (Phi) is 5.32. The lowest BCUT2D eigenvalue weighted by atomic mass is 9.64. The van der Waals surface area contributed by atoms with Crippen LogP contribution < -0.4 is 5.32 Å². The zero-order chi connectivity index (χ0) is 15.6. The van der Waals surface area contributed by atoms with Gasteiger partial charge in [0, 0.05) is 5.02 Å². The van der Waals surface area contributed by atoms with Gasteiger partial charge in [0.2, 0.25) is 0 Å². The third-order valence-electron chi connectivity index (χ3n) is 5.05. The van der Waals surface area contributed by atoms with Gasteiger partial charge in [0.1, 0.15) is 5.82 Å². The lowest BCUT2D eigenvalue weighted by Crippen LogP contribution is -2.35. The van der Waals surface area contributed by atoms with Crippen molar-refractivity contribution in [3.63, 3.8) is 0 Å². The molecular weight excluding hydrogens is 285 g/mol. The molecule has 0 heterocycles. The Morgan fingerprint density at radius 2 is 2.00 bits per heavy atom. The summed E-state index contributed by atoms with van der Waals surface area (Å²) in [6.07, 6.45) is 3.46. The van der Waals surface area contributed by atoms with Gasteiger partial charge in [0.25, 0.3) is 0 Å². The number of hydrogen-bond acceptors (Lipinski definition) is 1. The molecule has 3 heteroatoms. The Hall–Kier alpha value is -0.600. The number of hydrogen-bond donors (Lipinski definition) is 1. The lowest BCUT2D eigenvalue weighted by Gasteiger charge is -2.42. The molecule has 0 saturated heterocycles. The van der Waals surface area contributed by atoms with Crippen molar-refractivity contribution < 1.29 is 4.39 Å². The maximum Gasteiger partial charge on any atom is 0.128 e. The first-order valence-electron chi connectivity index (χ1n) is 7.92. The fraction of sp³-hybridized carbons (Fsp3) is 0.667. The summed E-state index contributed by atoms with van der Waals surface area (Å²) in [5, 5.41) is 3.75. The Morgan fingerprint density at radius 1 is 1.29 bits per heavy atom. The highest BCUT2D eigenvalue weighted by atomic mass is 35.5. The molecule has 118 valence electrons. The zero-order valence-corrected chi connectivity index (χ0v) is 14.3. The quantitative estimate of drug-likeness (QED) is 0.804. The fourth-order valence-electron chi connectivity index (χ4n) is 3.71. The van der Waals surface area contributed by atoms with Crippen molar-refractivity contribution in [3.8, 4) is 0 Å². The summed E-state index contributed by atoms with van der Waals surface area (Å²) in [5.74, 6) is 1.28. The van der Waals surface area contributed by atoms with Crippen LogP contribution in [-0.4, -0.2) is 13.6 Å². The molecule has 0 radical (unpaired) electrons.